The van der Waals surface area contributed by atoms with Gasteiger partial charge < -0.3 is 31.3 Å². The second-order valence-corrected chi connectivity index (χ2v) is 10.3. The molecule has 1 saturated carbocycles. The molecule has 11 heteroatoms. The Labute approximate surface area is 228 Å². The number of nitrogens with zero attached hydrogens (tertiary/aromatic N) is 5. The third kappa shape index (κ3) is 5.89. The van der Waals surface area contributed by atoms with E-state index in [2.05, 4.69) is 25.8 Å². The summed E-state index contributed by atoms with van der Waals surface area (Å²) in [6.07, 6.45) is 7.64. The van der Waals surface area contributed by atoms with Crippen LogP contribution in [0.3, 0.4) is 0 Å². The molecule has 0 radical (unpaired) electrons. The summed E-state index contributed by atoms with van der Waals surface area (Å²) in [4.78, 5) is 24.9. The first kappa shape index (κ1) is 25.3. The van der Waals surface area contributed by atoms with Gasteiger partial charge in [-0.05, 0) is 49.9 Å². The van der Waals surface area contributed by atoms with Crippen molar-refractivity contribution in [1.29, 1.82) is 0 Å². The number of anilines is 3. The number of rotatable bonds is 6. The normalized spacial score (nSPS) is 24.7. The van der Waals surface area contributed by atoms with Crippen LogP contribution in [0.2, 0.25) is 0 Å². The maximum atomic E-state index is 13.4. The van der Waals surface area contributed by atoms with Crippen LogP contribution in [-0.2, 0) is 9.53 Å². The van der Waals surface area contributed by atoms with E-state index in [1.165, 1.54) is 0 Å². The second kappa shape index (κ2) is 11.4. The van der Waals surface area contributed by atoms with E-state index >= 15 is 0 Å². The van der Waals surface area contributed by atoms with E-state index in [-0.39, 0.29) is 11.9 Å². The molecule has 39 heavy (non-hydrogen) atoms. The first-order valence-electron chi connectivity index (χ1n) is 13.7. The van der Waals surface area contributed by atoms with Crippen molar-refractivity contribution >= 4 is 34.8 Å². The second-order valence-electron chi connectivity index (χ2n) is 10.3. The molecule has 11 nitrogen and oxygen atoms in total. The minimum Gasteiger partial charge on any atom is -0.378 e. The van der Waals surface area contributed by atoms with Gasteiger partial charge in [-0.15, -0.1) is 0 Å². The lowest BCUT2D eigenvalue weighted by Gasteiger charge is -2.31. The first-order chi connectivity index (χ1) is 19.1. The fourth-order valence-electron chi connectivity index (χ4n) is 5.31. The Kier molecular flexibility index (Phi) is 7.42. The smallest absolute Gasteiger partial charge is 0.251 e. The molecule has 1 aromatic heterocycles. The summed E-state index contributed by atoms with van der Waals surface area (Å²) < 4.78 is 5.42. The average molecular weight is 530 g/mol. The van der Waals surface area contributed by atoms with Crippen LogP contribution in [0.15, 0.2) is 70.5 Å². The van der Waals surface area contributed by atoms with Crippen LogP contribution in [0, 0.1) is 0 Å². The Hall–Kier alpha value is -3.96. The van der Waals surface area contributed by atoms with Gasteiger partial charge in [-0.3, -0.25) is 9.79 Å². The molecule has 1 amide bonds. The number of aromatic nitrogens is 1. The zero-order valence-electron chi connectivity index (χ0n) is 21.9. The van der Waals surface area contributed by atoms with Gasteiger partial charge in [0.05, 0.1) is 37.3 Å². The van der Waals surface area contributed by atoms with E-state index in [1.807, 2.05) is 48.5 Å². The van der Waals surface area contributed by atoms with Crippen molar-refractivity contribution in [3.05, 3.63) is 60.4 Å². The zero-order valence-corrected chi connectivity index (χ0v) is 21.9. The summed E-state index contributed by atoms with van der Waals surface area (Å²) in [6, 6.07) is 13.7. The number of hydrazone groups is 1. The van der Waals surface area contributed by atoms with Crippen molar-refractivity contribution in [3.63, 3.8) is 0 Å². The van der Waals surface area contributed by atoms with E-state index < -0.39 is 6.04 Å². The Balaban J connectivity index is 1.17. The maximum Gasteiger partial charge on any atom is 0.251 e. The number of nitrogens with one attached hydrogen (secondary N) is 3. The van der Waals surface area contributed by atoms with Gasteiger partial charge in [0.15, 0.2) is 11.9 Å². The predicted octanol–water partition coefficient (Wildman–Crippen LogP) is 2.12. The van der Waals surface area contributed by atoms with Crippen LogP contribution in [0.25, 0.3) is 0 Å². The van der Waals surface area contributed by atoms with Gasteiger partial charge >= 0.3 is 0 Å². The molecule has 4 aliphatic rings. The molecule has 2 aromatic rings. The van der Waals surface area contributed by atoms with Crippen molar-refractivity contribution in [2.75, 3.05) is 48.4 Å². The average Bonchev–Trinajstić information content (AvgIpc) is 3.40. The largest absolute Gasteiger partial charge is 0.378 e. The van der Waals surface area contributed by atoms with Crippen molar-refractivity contribution in [2.45, 2.75) is 43.8 Å². The van der Waals surface area contributed by atoms with Gasteiger partial charge in [-0.1, -0.05) is 18.2 Å². The summed E-state index contributed by atoms with van der Waals surface area (Å²) in [5.74, 6) is 2.06. The fourth-order valence-corrected chi connectivity index (χ4v) is 5.31. The van der Waals surface area contributed by atoms with Crippen molar-refractivity contribution in [2.24, 2.45) is 15.8 Å². The molecule has 1 atom stereocenters. The fraction of sp³-hybridized carbons (Fsp3) is 0.429. The maximum absolute atomic E-state index is 13.4. The SMILES string of the molecule is N[C@H]1CC[C@H](NC2=NN3C(=NCC3C(=O)Nc3ccc(N4CCOCC4)nc3)C(Nc3ccccc3)=C2)CC1. The van der Waals surface area contributed by atoms with Crippen LogP contribution in [0.5, 0.6) is 0 Å². The summed E-state index contributed by atoms with van der Waals surface area (Å²) >= 11 is 0. The molecule has 5 N–H and O–H groups in total. The number of fused-ring (bicyclic) bond motifs is 1. The highest BCUT2D eigenvalue weighted by Crippen LogP contribution is 2.25. The van der Waals surface area contributed by atoms with Crippen LogP contribution < -0.4 is 26.6 Å². The lowest BCUT2D eigenvalue weighted by atomic mass is 9.92. The molecule has 3 aliphatic heterocycles. The quantitative estimate of drug-likeness (QED) is 0.447. The molecule has 0 spiro atoms. The number of carbonyl (C=O) groups excluding carboxylic acids is 1. The molecule has 1 unspecified atom stereocenters. The van der Waals surface area contributed by atoms with E-state index in [0.717, 1.165) is 56.0 Å². The van der Waals surface area contributed by atoms with Gasteiger partial charge in [-0.25, -0.2) is 9.99 Å². The van der Waals surface area contributed by atoms with Crippen molar-refractivity contribution in [1.82, 2.24) is 15.3 Å². The number of aliphatic imine (C=N–C) groups is 1. The van der Waals surface area contributed by atoms with Gasteiger partial charge in [0.1, 0.15) is 11.7 Å². The van der Waals surface area contributed by atoms with Crippen LogP contribution in [0.4, 0.5) is 17.2 Å². The third-order valence-corrected chi connectivity index (χ3v) is 7.49. The number of hydrogen-bond acceptors (Lipinski definition) is 10. The van der Waals surface area contributed by atoms with Crippen LogP contribution in [-0.4, -0.2) is 78.5 Å². The standard InChI is InChI=1S/C28H35N9O2/c29-19-6-8-21(9-7-19)33-25-16-23(32-20-4-2-1-3-5-20)27-31-18-24(37(27)35-25)28(38)34-22-10-11-26(30-17-22)36-12-14-39-15-13-36/h1-5,10-11,16-17,19,21,24,32H,6-9,12-15,18,29H2,(H,33,35)(H,34,38)/t19-,21-,24?. The Morgan fingerprint density at radius 2 is 1.79 bits per heavy atom. The number of carbonyl (C=O) groups is 1. The molecule has 2 fully saturated rings. The minimum absolute atomic E-state index is 0.178. The summed E-state index contributed by atoms with van der Waals surface area (Å²) in [5, 5.41) is 16.6. The molecule has 4 heterocycles. The summed E-state index contributed by atoms with van der Waals surface area (Å²) in [7, 11) is 0. The van der Waals surface area contributed by atoms with Crippen molar-refractivity contribution < 1.29 is 9.53 Å². The number of nitrogens with two attached hydrogens (primary N) is 1. The number of amides is 1. The number of ether oxygens (including phenoxy) is 1. The molecule has 1 aliphatic carbocycles. The lowest BCUT2D eigenvalue weighted by molar-refractivity contribution is -0.119. The highest BCUT2D eigenvalue weighted by Gasteiger charge is 2.38. The monoisotopic (exact) mass is 529 g/mol. The number of para-hydroxylation sites is 1. The molecule has 1 saturated heterocycles. The number of amidine groups is 2. The number of morpholine rings is 1. The number of hydrogen-bond donors (Lipinski definition) is 4. The Bertz CT molecular complexity index is 1250. The molecule has 0 bridgehead atoms. The summed E-state index contributed by atoms with van der Waals surface area (Å²) in [6.45, 7) is 3.32. The van der Waals surface area contributed by atoms with Gasteiger partial charge in [0, 0.05) is 36.9 Å². The number of pyridine rings is 1. The molecular formula is C28H35N9O2. The molecule has 204 valence electrons. The molecule has 1 aromatic carbocycles. The first-order valence-corrected chi connectivity index (χ1v) is 13.7. The topological polar surface area (TPSA) is 132 Å². The van der Waals surface area contributed by atoms with Crippen molar-refractivity contribution in [3.8, 4) is 0 Å². The predicted molar refractivity (Wildman–Crippen MR) is 153 cm³/mol. The van der Waals surface area contributed by atoms with Crippen LogP contribution >= 0.6 is 0 Å². The van der Waals surface area contributed by atoms with E-state index in [0.29, 0.717) is 43.2 Å². The minimum atomic E-state index is -0.572. The third-order valence-electron chi connectivity index (χ3n) is 7.49. The molecule has 6 rings (SSSR count). The van der Waals surface area contributed by atoms with Gasteiger partial charge in [0.25, 0.3) is 5.91 Å². The Morgan fingerprint density at radius 1 is 1.00 bits per heavy atom. The van der Waals surface area contributed by atoms with E-state index in [4.69, 9.17) is 20.6 Å². The lowest BCUT2D eigenvalue weighted by Crippen LogP contribution is -2.48. The van der Waals surface area contributed by atoms with E-state index in [1.54, 1.807) is 11.2 Å². The van der Waals surface area contributed by atoms with E-state index in [9.17, 15) is 4.79 Å². The van der Waals surface area contributed by atoms with Crippen LogP contribution in [0.1, 0.15) is 25.7 Å². The number of benzene rings is 1. The Morgan fingerprint density at radius 3 is 2.54 bits per heavy atom. The molecular weight excluding hydrogens is 494 g/mol. The van der Waals surface area contributed by atoms with Gasteiger partial charge in [-0.2, -0.15) is 5.10 Å². The highest BCUT2D eigenvalue weighted by molar-refractivity contribution is 6.13. The highest BCUT2D eigenvalue weighted by atomic mass is 16.5. The van der Waals surface area contributed by atoms with Gasteiger partial charge in [0.2, 0.25) is 0 Å². The summed E-state index contributed by atoms with van der Waals surface area (Å²) in [5.41, 5.74) is 8.49. The zero-order chi connectivity index (χ0) is 26.6.